The van der Waals surface area contributed by atoms with Crippen molar-refractivity contribution in [2.75, 3.05) is 6.61 Å². The fraction of sp³-hybridized carbons (Fsp3) is 0.955. The molecule has 0 amide bonds. The zero-order valence-electron chi connectivity index (χ0n) is 17.9. The lowest BCUT2D eigenvalue weighted by Gasteiger charge is -2.44. The molecule has 10 unspecified atom stereocenters. The number of carbonyl (C=O) groups excluding carboxylic acids is 1. The molecule has 4 rings (SSSR count). The van der Waals surface area contributed by atoms with Crippen molar-refractivity contribution in [3.05, 3.63) is 0 Å². The Kier molecular flexibility index (Phi) is 7.40. The zero-order chi connectivity index (χ0) is 21.3. The molecule has 4 aliphatic heterocycles. The molecule has 0 aromatic rings. The second-order valence-electron chi connectivity index (χ2n) is 9.69. The molecule has 4 N–H and O–H groups in total. The van der Waals surface area contributed by atoms with Crippen molar-refractivity contribution in [1.82, 2.24) is 0 Å². The molecule has 0 aliphatic carbocycles. The smallest absolute Gasteiger partial charge is 0.160 e. The second-order valence-corrected chi connectivity index (χ2v) is 9.69. The Labute approximate surface area is 173 Å². The summed E-state index contributed by atoms with van der Waals surface area (Å²) >= 11 is 0. The van der Waals surface area contributed by atoms with E-state index in [1.807, 2.05) is 13.8 Å². The minimum atomic E-state index is -1.15. The first-order chi connectivity index (χ1) is 13.7. The largest absolute Gasteiger partial charge is 0.393 e. The maximum atomic E-state index is 12.9. The Morgan fingerprint density at radius 2 is 1.93 bits per heavy atom. The van der Waals surface area contributed by atoms with E-state index in [9.17, 15) is 25.2 Å². The number of rotatable bonds is 3. The van der Waals surface area contributed by atoms with E-state index in [0.29, 0.717) is 25.7 Å². The van der Waals surface area contributed by atoms with Gasteiger partial charge < -0.3 is 29.9 Å². The maximum absolute atomic E-state index is 12.9. The first kappa shape index (κ1) is 23.1. The monoisotopic (exact) mass is 414 g/mol. The first-order valence-electron chi connectivity index (χ1n) is 11.2. The predicted molar refractivity (Wildman–Crippen MR) is 106 cm³/mol. The van der Waals surface area contributed by atoms with Crippen LogP contribution in [0.5, 0.6) is 0 Å². The number of ether oxygens (including phenoxy) is 2. The Bertz CT molecular complexity index is 569. The highest BCUT2D eigenvalue weighted by molar-refractivity contribution is 5.81. The molecule has 0 saturated carbocycles. The highest BCUT2D eigenvalue weighted by Crippen LogP contribution is 2.44. The van der Waals surface area contributed by atoms with Crippen molar-refractivity contribution in [3.8, 4) is 0 Å². The third-order valence-corrected chi connectivity index (χ3v) is 7.45. The number of aliphatic hydroxyl groups excluding tert-OH is 4. The summed E-state index contributed by atoms with van der Waals surface area (Å²) in [5.74, 6) is -1.10. The van der Waals surface area contributed by atoms with Gasteiger partial charge in [0.2, 0.25) is 0 Å². The van der Waals surface area contributed by atoms with Crippen molar-refractivity contribution >= 4 is 5.78 Å². The Morgan fingerprint density at radius 3 is 2.59 bits per heavy atom. The lowest BCUT2D eigenvalue weighted by Crippen LogP contribution is -2.52. The summed E-state index contributed by atoms with van der Waals surface area (Å²) in [6, 6.07) is 0. The molecule has 4 bridgehead atoms. The minimum Gasteiger partial charge on any atom is -0.393 e. The number of Topliss-reactive ketones (excluding diaryl/α,β-unsaturated/α-hetero) is 1. The molecule has 168 valence electrons. The Morgan fingerprint density at radius 1 is 1.21 bits per heavy atom. The molecule has 7 heteroatoms. The summed E-state index contributed by atoms with van der Waals surface area (Å²) in [4.78, 5) is 12.9. The van der Waals surface area contributed by atoms with Crippen molar-refractivity contribution < 1.29 is 34.7 Å². The first-order valence-corrected chi connectivity index (χ1v) is 11.2. The Hall–Kier alpha value is -0.570. The number of aliphatic hydroxyl groups is 4. The average Bonchev–Trinajstić information content (AvgIpc) is 3.01. The van der Waals surface area contributed by atoms with E-state index in [4.69, 9.17) is 9.47 Å². The quantitative estimate of drug-likeness (QED) is 0.551. The molecule has 0 spiro atoms. The van der Waals surface area contributed by atoms with E-state index in [2.05, 4.69) is 0 Å². The van der Waals surface area contributed by atoms with Crippen LogP contribution < -0.4 is 0 Å². The molecular weight excluding hydrogens is 376 g/mol. The molecule has 10 atom stereocenters. The van der Waals surface area contributed by atoms with Gasteiger partial charge in [0.1, 0.15) is 5.78 Å². The number of hydrogen-bond acceptors (Lipinski definition) is 7. The van der Waals surface area contributed by atoms with Crippen LogP contribution in [0.1, 0.15) is 65.7 Å². The summed E-state index contributed by atoms with van der Waals surface area (Å²) in [5, 5.41) is 42.5. The van der Waals surface area contributed by atoms with Crippen molar-refractivity contribution in [3.63, 3.8) is 0 Å². The van der Waals surface area contributed by atoms with Crippen molar-refractivity contribution in [1.29, 1.82) is 0 Å². The van der Waals surface area contributed by atoms with Gasteiger partial charge in [0, 0.05) is 24.2 Å². The van der Waals surface area contributed by atoms with Gasteiger partial charge in [-0.2, -0.15) is 0 Å². The van der Waals surface area contributed by atoms with E-state index < -0.39 is 42.2 Å². The molecule has 4 heterocycles. The van der Waals surface area contributed by atoms with Gasteiger partial charge in [-0.1, -0.05) is 27.2 Å². The van der Waals surface area contributed by atoms with Crippen LogP contribution in [0, 0.1) is 23.7 Å². The van der Waals surface area contributed by atoms with Crippen molar-refractivity contribution in [2.24, 2.45) is 23.7 Å². The summed E-state index contributed by atoms with van der Waals surface area (Å²) < 4.78 is 12.0. The van der Waals surface area contributed by atoms with E-state index in [-0.39, 0.29) is 43.0 Å². The molecule has 29 heavy (non-hydrogen) atoms. The van der Waals surface area contributed by atoms with Crippen LogP contribution >= 0.6 is 0 Å². The third-order valence-electron chi connectivity index (χ3n) is 7.45. The van der Waals surface area contributed by atoms with Gasteiger partial charge in [0.05, 0.1) is 36.6 Å². The number of ketones is 1. The normalized spacial score (nSPS) is 49.2. The molecule has 0 aromatic carbocycles. The van der Waals surface area contributed by atoms with E-state index in [1.165, 1.54) is 0 Å². The number of hydrogen-bond donors (Lipinski definition) is 4. The fourth-order valence-corrected chi connectivity index (χ4v) is 5.70. The fourth-order valence-electron chi connectivity index (χ4n) is 5.70. The van der Waals surface area contributed by atoms with Gasteiger partial charge in [0.25, 0.3) is 0 Å². The standard InChI is InChI=1S/C22H38O7/c1-4-5-14-18-9-16(24)12(2)8-17(25)20-13(3)10-22(11-23,29-20)7-6-15(19(14)26)21(27)28-18/h12-15,17-21,23,25-27H,4-11H2,1-3H3. The summed E-state index contributed by atoms with van der Waals surface area (Å²) in [6.07, 6.45) is -0.190. The summed E-state index contributed by atoms with van der Waals surface area (Å²) in [5.41, 5.74) is -0.807. The van der Waals surface area contributed by atoms with Gasteiger partial charge in [-0.05, 0) is 38.0 Å². The highest BCUT2D eigenvalue weighted by atomic mass is 16.6. The average molecular weight is 415 g/mol. The van der Waals surface area contributed by atoms with Crippen LogP contribution in [-0.4, -0.2) is 69.1 Å². The van der Waals surface area contributed by atoms with Gasteiger partial charge in [0.15, 0.2) is 6.29 Å². The molecule has 4 aliphatic rings. The molecule has 7 nitrogen and oxygen atoms in total. The van der Waals surface area contributed by atoms with Crippen molar-refractivity contribution in [2.45, 2.75) is 102 Å². The molecule has 0 aromatic heterocycles. The lowest BCUT2D eigenvalue weighted by molar-refractivity contribution is -0.253. The summed E-state index contributed by atoms with van der Waals surface area (Å²) in [6.45, 7) is 5.63. The van der Waals surface area contributed by atoms with Crippen LogP contribution in [0.15, 0.2) is 0 Å². The van der Waals surface area contributed by atoms with Gasteiger partial charge in [-0.3, -0.25) is 4.79 Å². The van der Waals surface area contributed by atoms with Crippen LogP contribution in [0.25, 0.3) is 0 Å². The van der Waals surface area contributed by atoms with Gasteiger partial charge >= 0.3 is 0 Å². The van der Waals surface area contributed by atoms with Crippen LogP contribution in [0.2, 0.25) is 0 Å². The van der Waals surface area contributed by atoms with E-state index in [1.54, 1.807) is 6.92 Å². The zero-order valence-corrected chi connectivity index (χ0v) is 17.9. The molecule has 0 radical (unpaired) electrons. The highest BCUT2D eigenvalue weighted by Gasteiger charge is 2.50. The van der Waals surface area contributed by atoms with Gasteiger partial charge in [-0.25, -0.2) is 0 Å². The number of fused-ring (bicyclic) bond motifs is 7. The van der Waals surface area contributed by atoms with Crippen LogP contribution in [0.3, 0.4) is 0 Å². The molecule has 4 fully saturated rings. The summed E-state index contributed by atoms with van der Waals surface area (Å²) in [7, 11) is 0. The number of carbonyl (C=O) groups is 1. The lowest BCUT2D eigenvalue weighted by atomic mass is 9.76. The second kappa shape index (κ2) is 9.28. The van der Waals surface area contributed by atoms with Crippen LogP contribution in [0.4, 0.5) is 0 Å². The third kappa shape index (κ3) is 4.70. The van der Waals surface area contributed by atoms with Gasteiger partial charge in [-0.15, -0.1) is 0 Å². The molecular formula is C22H38O7. The maximum Gasteiger partial charge on any atom is 0.160 e. The predicted octanol–water partition coefficient (Wildman–Crippen LogP) is 1.39. The van der Waals surface area contributed by atoms with E-state index >= 15 is 0 Å². The van der Waals surface area contributed by atoms with Crippen LogP contribution in [-0.2, 0) is 14.3 Å². The SMILES string of the molecule is CCCC1C2CC(=O)C(C)CC(O)C3OC(CO)(CCC(C(O)O2)C1O)CC3C. The molecule has 4 saturated heterocycles. The Balaban J connectivity index is 1.91. The van der Waals surface area contributed by atoms with E-state index in [0.717, 1.165) is 6.42 Å². The minimum absolute atomic E-state index is 0.0378. The topological polar surface area (TPSA) is 116 Å².